The smallest absolute Gasteiger partial charge is 0.193 e. The summed E-state index contributed by atoms with van der Waals surface area (Å²) in [5, 5.41) is 3.02. The van der Waals surface area contributed by atoms with E-state index in [0.717, 1.165) is 17.0 Å². The molecule has 5 heteroatoms. The fourth-order valence-electron chi connectivity index (χ4n) is 1.92. The van der Waals surface area contributed by atoms with Gasteiger partial charge >= 0.3 is 0 Å². The fraction of sp³-hybridized carbons (Fsp3) is 0.235. The van der Waals surface area contributed by atoms with Crippen molar-refractivity contribution in [2.75, 3.05) is 25.6 Å². The third-order valence-corrected chi connectivity index (χ3v) is 3.00. The highest BCUT2D eigenvalue weighted by Gasteiger charge is 2.01. The van der Waals surface area contributed by atoms with Crippen LogP contribution >= 0.6 is 0 Å². The zero-order valence-corrected chi connectivity index (χ0v) is 12.7. The number of anilines is 1. The normalized spacial score (nSPS) is 11.2. The van der Waals surface area contributed by atoms with E-state index in [0.29, 0.717) is 25.7 Å². The SMILES string of the molecule is COc1ccccc1NC(N)=NCCOCc1ccccc1. The maximum Gasteiger partial charge on any atom is 0.193 e. The largest absolute Gasteiger partial charge is 0.495 e. The zero-order valence-electron chi connectivity index (χ0n) is 12.7. The van der Waals surface area contributed by atoms with E-state index >= 15 is 0 Å². The van der Waals surface area contributed by atoms with Gasteiger partial charge in [-0.1, -0.05) is 42.5 Å². The van der Waals surface area contributed by atoms with Crippen molar-refractivity contribution in [2.45, 2.75) is 6.61 Å². The number of nitrogens with zero attached hydrogens (tertiary/aromatic N) is 1. The maximum atomic E-state index is 5.85. The number of aliphatic imine (C=N–C) groups is 1. The van der Waals surface area contributed by atoms with Crippen molar-refractivity contribution in [3.8, 4) is 5.75 Å². The highest BCUT2D eigenvalue weighted by atomic mass is 16.5. The van der Waals surface area contributed by atoms with E-state index in [1.807, 2.05) is 54.6 Å². The average molecular weight is 299 g/mol. The van der Waals surface area contributed by atoms with Crippen LogP contribution in [-0.4, -0.2) is 26.2 Å². The predicted molar refractivity (Wildman–Crippen MR) is 89.2 cm³/mol. The Hall–Kier alpha value is -2.53. The summed E-state index contributed by atoms with van der Waals surface area (Å²) in [4.78, 5) is 4.23. The lowest BCUT2D eigenvalue weighted by atomic mass is 10.2. The molecule has 5 nitrogen and oxygen atoms in total. The van der Waals surface area contributed by atoms with Crippen LogP contribution in [0.3, 0.4) is 0 Å². The Bertz CT molecular complexity index is 600. The highest BCUT2D eigenvalue weighted by molar-refractivity contribution is 5.93. The number of methoxy groups -OCH3 is 1. The molecule has 0 atom stereocenters. The Morgan fingerprint density at radius 3 is 2.59 bits per heavy atom. The van der Waals surface area contributed by atoms with E-state index < -0.39 is 0 Å². The molecule has 0 bridgehead atoms. The van der Waals surface area contributed by atoms with Gasteiger partial charge in [-0.25, -0.2) is 0 Å². The second-order valence-electron chi connectivity index (χ2n) is 4.63. The van der Waals surface area contributed by atoms with Gasteiger partial charge in [0, 0.05) is 0 Å². The third kappa shape index (κ3) is 5.10. The molecule has 0 aliphatic rings. The van der Waals surface area contributed by atoms with Crippen molar-refractivity contribution in [1.82, 2.24) is 0 Å². The number of guanidine groups is 1. The van der Waals surface area contributed by atoms with Crippen LogP contribution in [0.4, 0.5) is 5.69 Å². The first-order valence-electron chi connectivity index (χ1n) is 7.11. The lowest BCUT2D eigenvalue weighted by Crippen LogP contribution is -2.23. The van der Waals surface area contributed by atoms with E-state index in [-0.39, 0.29) is 0 Å². The minimum absolute atomic E-state index is 0.341. The molecule has 116 valence electrons. The molecule has 0 unspecified atom stereocenters. The Labute approximate surface area is 130 Å². The summed E-state index contributed by atoms with van der Waals surface area (Å²) < 4.78 is 10.8. The summed E-state index contributed by atoms with van der Waals surface area (Å²) in [6.07, 6.45) is 0. The highest BCUT2D eigenvalue weighted by Crippen LogP contribution is 2.22. The van der Waals surface area contributed by atoms with Gasteiger partial charge in [-0.05, 0) is 17.7 Å². The number of nitrogens with two attached hydrogens (primary N) is 1. The summed E-state index contributed by atoms with van der Waals surface area (Å²) in [7, 11) is 1.62. The molecule has 0 fully saturated rings. The van der Waals surface area contributed by atoms with Gasteiger partial charge in [0.15, 0.2) is 5.96 Å². The molecular weight excluding hydrogens is 278 g/mol. The molecule has 0 heterocycles. The first-order valence-corrected chi connectivity index (χ1v) is 7.11. The van der Waals surface area contributed by atoms with E-state index in [4.69, 9.17) is 15.2 Å². The van der Waals surface area contributed by atoms with Crippen LogP contribution in [0.5, 0.6) is 5.75 Å². The van der Waals surface area contributed by atoms with Gasteiger partial charge in [0.1, 0.15) is 5.75 Å². The molecule has 3 N–H and O–H groups in total. The number of ether oxygens (including phenoxy) is 2. The van der Waals surface area contributed by atoms with Gasteiger partial charge in [0.2, 0.25) is 0 Å². The summed E-state index contributed by atoms with van der Waals surface area (Å²) >= 11 is 0. The van der Waals surface area contributed by atoms with Gasteiger partial charge in [-0.3, -0.25) is 4.99 Å². The summed E-state index contributed by atoms with van der Waals surface area (Å²) in [6.45, 7) is 1.60. The van der Waals surface area contributed by atoms with Gasteiger partial charge < -0.3 is 20.5 Å². The first kappa shape index (κ1) is 15.9. The number of hydrogen-bond donors (Lipinski definition) is 2. The Kier molecular flexibility index (Phi) is 6.26. The Balaban J connectivity index is 1.73. The summed E-state index contributed by atoms with van der Waals surface area (Å²) in [5.74, 6) is 1.06. The van der Waals surface area contributed by atoms with Crippen LogP contribution in [0, 0.1) is 0 Å². The molecule has 22 heavy (non-hydrogen) atoms. The molecule has 2 aromatic rings. The van der Waals surface area contributed by atoms with Gasteiger partial charge in [0.05, 0.1) is 32.6 Å². The van der Waals surface area contributed by atoms with Crippen LogP contribution in [0.2, 0.25) is 0 Å². The lowest BCUT2D eigenvalue weighted by Gasteiger charge is -2.10. The number of hydrogen-bond acceptors (Lipinski definition) is 3. The van der Waals surface area contributed by atoms with E-state index in [1.54, 1.807) is 7.11 Å². The van der Waals surface area contributed by atoms with E-state index in [1.165, 1.54) is 0 Å². The van der Waals surface area contributed by atoms with E-state index in [9.17, 15) is 0 Å². The second kappa shape index (κ2) is 8.69. The minimum atomic E-state index is 0.341. The molecule has 0 spiro atoms. The maximum absolute atomic E-state index is 5.85. The predicted octanol–water partition coefficient (Wildman–Crippen LogP) is 2.64. The molecular formula is C17H21N3O2. The fourth-order valence-corrected chi connectivity index (χ4v) is 1.92. The summed E-state index contributed by atoms with van der Waals surface area (Å²) in [6, 6.07) is 17.6. The third-order valence-electron chi connectivity index (χ3n) is 3.00. The van der Waals surface area contributed by atoms with Crippen LogP contribution in [0.15, 0.2) is 59.6 Å². The quantitative estimate of drug-likeness (QED) is 0.468. The molecule has 0 aromatic heterocycles. The molecule has 2 rings (SSSR count). The monoisotopic (exact) mass is 299 g/mol. The molecule has 0 aliphatic carbocycles. The number of rotatable bonds is 7. The second-order valence-corrected chi connectivity index (χ2v) is 4.63. The van der Waals surface area contributed by atoms with Crippen LogP contribution in [0.25, 0.3) is 0 Å². The van der Waals surface area contributed by atoms with Gasteiger partial charge in [-0.15, -0.1) is 0 Å². The van der Waals surface area contributed by atoms with Crippen molar-refractivity contribution in [2.24, 2.45) is 10.7 Å². The standard InChI is InChI=1S/C17H21N3O2/c1-21-16-10-6-5-9-15(16)20-17(18)19-11-12-22-13-14-7-3-2-4-8-14/h2-10H,11-13H2,1H3,(H3,18,19,20). The Morgan fingerprint density at radius 1 is 1.09 bits per heavy atom. The average Bonchev–Trinajstić information content (AvgIpc) is 2.56. The molecule has 0 aliphatic heterocycles. The number of nitrogens with one attached hydrogen (secondary N) is 1. The number of benzene rings is 2. The number of para-hydroxylation sites is 2. The van der Waals surface area contributed by atoms with Crippen molar-refractivity contribution >= 4 is 11.6 Å². The summed E-state index contributed by atoms with van der Waals surface area (Å²) in [5.41, 5.74) is 7.78. The van der Waals surface area contributed by atoms with Crippen molar-refractivity contribution in [3.05, 3.63) is 60.2 Å². The molecule has 0 saturated heterocycles. The first-order chi connectivity index (χ1) is 10.8. The molecule has 2 aromatic carbocycles. The molecule has 0 saturated carbocycles. The van der Waals surface area contributed by atoms with Crippen LogP contribution in [0.1, 0.15) is 5.56 Å². The van der Waals surface area contributed by atoms with Crippen LogP contribution < -0.4 is 15.8 Å². The minimum Gasteiger partial charge on any atom is -0.495 e. The Morgan fingerprint density at radius 2 is 1.82 bits per heavy atom. The molecule has 0 amide bonds. The van der Waals surface area contributed by atoms with Gasteiger partial charge in [-0.2, -0.15) is 0 Å². The zero-order chi connectivity index (χ0) is 15.6. The van der Waals surface area contributed by atoms with Crippen molar-refractivity contribution in [1.29, 1.82) is 0 Å². The van der Waals surface area contributed by atoms with E-state index in [2.05, 4.69) is 10.3 Å². The van der Waals surface area contributed by atoms with Crippen molar-refractivity contribution in [3.63, 3.8) is 0 Å². The lowest BCUT2D eigenvalue weighted by molar-refractivity contribution is 0.128. The van der Waals surface area contributed by atoms with Gasteiger partial charge in [0.25, 0.3) is 0 Å². The molecule has 0 radical (unpaired) electrons. The van der Waals surface area contributed by atoms with Crippen molar-refractivity contribution < 1.29 is 9.47 Å². The van der Waals surface area contributed by atoms with Crippen LogP contribution in [-0.2, 0) is 11.3 Å². The topological polar surface area (TPSA) is 68.9 Å².